The number of ether oxygens (including phenoxy) is 2. The van der Waals surface area contributed by atoms with E-state index in [2.05, 4.69) is 9.64 Å². The standard InChI is InChI=1S/C14H19F2NO3/c1-19-12-6-2-4-10(13(12)20-14(15)16)8-17-7-3-5-11(17)9-18/h2,4,6,11,14,18H,3,5,7-9H2,1H3/t11-/m0/s1. The molecule has 112 valence electrons. The Morgan fingerprint density at radius 2 is 2.25 bits per heavy atom. The number of nitrogens with zero attached hydrogens (tertiary/aromatic N) is 1. The second kappa shape index (κ2) is 6.85. The zero-order chi connectivity index (χ0) is 14.5. The van der Waals surface area contributed by atoms with Gasteiger partial charge in [-0.15, -0.1) is 0 Å². The Labute approximate surface area is 116 Å². The molecule has 6 heteroatoms. The van der Waals surface area contributed by atoms with Crippen molar-refractivity contribution in [2.75, 3.05) is 20.3 Å². The largest absolute Gasteiger partial charge is 0.493 e. The van der Waals surface area contributed by atoms with Gasteiger partial charge in [0.25, 0.3) is 0 Å². The van der Waals surface area contributed by atoms with Crippen LogP contribution in [0.3, 0.4) is 0 Å². The molecular weight excluding hydrogens is 268 g/mol. The average molecular weight is 287 g/mol. The number of halogens is 2. The molecule has 0 aromatic heterocycles. The number of aliphatic hydroxyl groups is 1. The smallest absolute Gasteiger partial charge is 0.387 e. The Balaban J connectivity index is 2.21. The lowest BCUT2D eigenvalue weighted by Crippen LogP contribution is -2.31. The Morgan fingerprint density at radius 3 is 2.90 bits per heavy atom. The molecule has 20 heavy (non-hydrogen) atoms. The first-order valence-electron chi connectivity index (χ1n) is 6.61. The van der Waals surface area contributed by atoms with Gasteiger partial charge in [0.15, 0.2) is 11.5 Å². The van der Waals surface area contributed by atoms with Gasteiger partial charge in [0, 0.05) is 18.2 Å². The number of methoxy groups -OCH3 is 1. The molecule has 2 rings (SSSR count). The fraction of sp³-hybridized carbons (Fsp3) is 0.571. The van der Waals surface area contributed by atoms with Crippen LogP contribution in [0.5, 0.6) is 11.5 Å². The van der Waals surface area contributed by atoms with Crippen LogP contribution in [-0.2, 0) is 6.54 Å². The number of benzene rings is 1. The monoisotopic (exact) mass is 287 g/mol. The van der Waals surface area contributed by atoms with Crippen LogP contribution in [-0.4, -0.2) is 42.9 Å². The van der Waals surface area contributed by atoms with Gasteiger partial charge in [0.05, 0.1) is 13.7 Å². The van der Waals surface area contributed by atoms with E-state index in [4.69, 9.17) is 4.74 Å². The van der Waals surface area contributed by atoms with Gasteiger partial charge >= 0.3 is 6.61 Å². The molecule has 1 aliphatic rings. The highest BCUT2D eigenvalue weighted by atomic mass is 19.3. The summed E-state index contributed by atoms with van der Waals surface area (Å²) < 4.78 is 34.8. The zero-order valence-corrected chi connectivity index (χ0v) is 11.4. The molecule has 1 aromatic carbocycles. The van der Waals surface area contributed by atoms with Crippen molar-refractivity contribution in [2.45, 2.75) is 32.0 Å². The van der Waals surface area contributed by atoms with Gasteiger partial charge in [-0.25, -0.2) is 0 Å². The third-order valence-corrected chi connectivity index (χ3v) is 3.57. The first-order valence-corrected chi connectivity index (χ1v) is 6.61. The van der Waals surface area contributed by atoms with E-state index in [-0.39, 0.29) is 18.4 Å². The fourth-order valence-corrected chi connectivity index (χ4v) is 2.60. The van der Waals surface area contributed by atoms with E-state index in [9.17, 15) is 13.9 Å². The van der Waals surface area contributed by atoms with Gasteiger partial charge < -0.3 is 14.6 Å². The molecule has 1 heterocycles. The topological polar surface area (TPSA) is 41.9 Å². The molecule has 0 amide bonds. The summed E-state index contributed by atoms with van der Waals surface area (Å²) in [6, 6.07) is 5.17. The van der Waals surface area contributed by atoms with E-state index in [1.807, 2.05) is 0 Å². The number of likely N-dealkylation sites (tertiary alicyclic amines) is 1. The van der Waals surface area contributed by atoms with Gasteiger partial charge in [0.2, 0.25) is 0 Å². The molecule has 1 atom stereocenters. The molecule has 0 radical (unpaired) electrons. The molecule has 1 aromatic rings. The molecule has 0 spiro atoms. The van der Waals surface area contributed by atoms with Gasteiger partial charge in [-0.05, 0) is 25.5 Å². The van der Waals surface area contributed by atoms with Crippen molar-refractivity contribution in [3.8, 4) is 11.5 Å². The minimum atomic E-state index is -2.89. The van der Waals surface area contributed by atoms with E-state index in [0.717, 1.165) is 19.4 Å². The second-order valence-corrected chi connectivity index (χ2v) is 4.78. The van der Waals surface area contributed by atoms with E-state index >= 15 is 0 Å². The maximum absolute atomic E-state index is 12.5. The number of hydrogen-bond acceptors (Lipinski definition) is 4. The molecule has 0 aliphatic carbocycles. The third kappa shape index (κ3) is 3.37. The summed E-state index contributed by atoms with van der Waals surface area (Å²) in [5, 5.41) is 9.31. The predicted octanol–water partition coefficient (Wildman–Crippen LogP) is 2.25. The number of para-hydroxylation sites is 1. The summed E-state index contributed by atoms with van der Waals surface area (Å²) in [5.74, 6) is 0.371. The number of aliphatic hydroxyl groups excluding tert-OH is 1. The van der Waals surface area contributed by atoms with Crippen LogP contribution in [0.15, 0.2) is 18.2 Å². The number of hydrogen-bond donors (Lipinski definition) is 1. The highest BCUT2D eigenvalue weighted by Gasteiger charge is 2.25. The molecule has 1 saturated heterocycles. The van der Waals surface area contributed by atoms with Crippen LogP contribution < -0.4 is 9.47 Å². The third-order valence-electron chi connectivity index (χ3n) is 3.57. The highest BCUT2D eigenvalue weighted by Crippen LogP contribution is 2.34. The van der Waals surface area contributed by atoms with Crippen LogP contribution in [0.1, 0.15) is 18.4 Å². The molecule has 4 nitrogen and oxygen atoms in total. The van der Waals surface area contributed by atoms with Crippen molar-refractivity contribution < 1.29 is 23.4 Å². The van der Waals surface area contributed by atoms with Gasteiger partial charge in [-0.2, -0.15) is 8.78 Å². The van der Waals surface area contributed by atoms with Crippen LogP contribution in [0.25, 0.3) is 0 Å². The SMILES string of the molecule is COc1cccc(CN2CCC[C@H]2CO)c1OC(F)F. The maximum Gasteiger partial charge on any atom is 0.387 e. The Hall–Kier alpha value is -1.40. The van der Waals surface area contributed by atoms with Gasteiger partial charge in [0.1, 0.15) is 0 Å². The van der Waals surface area contributed by atoms with E-state index in [0.29, 0.717) is 17.9 Å². The Morgan fingerprint density at radius 1 is 1.45 bits per heavy atom. The molecule has 1 aliphatic heterocycles. The summed E-state index contributed by atoms with van der Waals surface area (Å²) in [6.45, 7) is -1.51. The lowest BCUT2D eigenvalue weighted by molar-refractivity contribution is -0.0522. The van der Waals surface area contributed by atoms with Crippen molar-refractivity contribution >= 4 is 0 Å². The molecule has 0 unspecified atom stereocenters. The maximum atomic E-state index is 12.5. The van der Waals surface area contributed by atoms with Crippen LogP contribution in [0.4, 0.5) is 8.78 Å². The second-order valence-electron chi connectivity index (χ2n) is 4.78. The molecule has 0 saturated carbocycles. The lowest BCUT2D eigenvalue weighted by Gasteiger charge is -2.24. The summed E-state index contributed by atoms with van der Waals surface area (Å²) in [7, 11) is 1.42. The summed E-state index contributed by atoms with van der Waals surface area (Å²) in [6.07, 6.45) is 1.92. The molecule has 0 bridgehead atoms. The number of rotatable bonds is 6. The molecule has 1 fully saturated rings. The van der Waals surface area contributed by atoms with Crippen molar-refractivity contribution in [3.05, 3.63) is 23.8 Å². The summed E-state index contributed by atoms with van der Waals surface area (Å²) >= 11 is 0. The highest BCUT2D eigenvalue weighted by molar-refractivity contribution is 5.46. The zero-order valence-electron chi connectivity index (χ0n) is 11.4. The fourth-order valence-electron chi connectivity index (χ4n) is 2.60. The quantitative estimate of drug-likeness (QED) is 0.871. The van der Waals surface area contributed by atoms with Gasteiger partial charge in [-0.3, -0.25) is 4.90 Å². The van der Waals surface area contributed by atoms with Crippen molar-refractivity contribution in [2.24, 2.45) is 0 Å². The van der Waals surface area contributed by atoms with Crippen LogP contribution >= 0.6 is 0 Å². The average Bonchev–Trinajstić information content (AvgIpc) is 2.87. The molecular formula is C14H19F2NO3. The predicted molar refractivity (Wildman–Crippen MR) is 70.1 cm³/mol. The van der Waals surface area contributed by atoms with E-state index in [1.165, 1.54) is 7.11 Å². The van der Waals surface area contributed by atoms with Crippen LogP contribution in [0, 0.1) is 0 Å². The van der Waals surface area contributed by atoms with Crippen molar-refractivity contribution in [1.82, 2.24) is 4.90 Å². The summed E-state index contributed by atoms with van der Waals surface area (Å²) in [4.78, 5) is 2.08. The van der Waals surface area contributed by atoms with Crippen molar-refractivity contribution in [1.29, 1.82) is 0 Å². The van der Waals surface area contributed by atoms with Gasteiger partial charge in [-0.1, -0.05) is 12.1 Å². The van der Waals surface area contributed by atoms with E-state index < -0.39 is 6.61 Å². The Kier molecular flexibility index (Phi) is 5.14. The first-order chi connectivity index (χ1) is 9.65. The van der Waals surface area contributed by atoms with E-state index in [1.54, 1.807) is 18.2 Å². The molecule has 1 N–H and O–H groups in total. The normalized spacial score (nSPS) is 19.6. The summed E-state index contributed by atoms with van der Waals surface area (Å²) in [5.41, 5.74) is 0.644. The number of alkyl halides is 2. The van der Waals surface area contributed by atoms with Crippen LogP contribution in [0.2, 0.25) is 0 Å². The Bertz CT molecular complexity index is 442. The minimum Gasteiger partial charge on any atom is -0.493 e. The lowest BCUT2D eigenvalue weighted by atomic mass is 10.1. The first kappa shape index (κ1) is 15.0. The minimum absolute atomic E-state index is 0.0774. The van der Waals surface area contributed by atoms with Crippen molar-refractivity contribution in [3.63, 3.8) is 0 Å².